The summed E-state index contributed by atoms with van der Waals surface area (Å²) in [5.41, 5.74) is 7.95. The molecule has 1 aliphatic rings. The van der Waals surface area contributed by atoms with Gasteiger partial charge in [-0.15, -0.1) is 0 Å². The summed E-state index contributed by atoms with van der Waals surface area (Å²) in [6.45, 7) is 2.10. The molecule has 0 bridgehead atoms. The summed E-state index contributed by atoms with van der Waals surface area (Å²) in [5, 5.41) is 7.32. The van der Waals surface area contributed by atoms with E-state index in [2.05, 4.69) is 67.6 Å². The topological polar surface area (TPSA) is 30.7 Å². The number of rotatable bonds is 3. The summed E-state index contributed by atoms with van der Waals surface area (Å²) in [4.78, 5) is 5.15. The highest BCUT2D eigenvalue weighted by molar-refractivity contribution is 6.10. The molecule has 0 aliphatic heterocycles. The predicted octanol–water partition coefficient (Wildman–Crippen LogP) is 7.60. The van der Waals surface area contributed by atoms with E-state index in [-0.39, 0.29) is 0 Å². The minimum atomic E-state index is 0.667. The largest absolute Gasteiger partial charge is 0.228 e. The van der Waals surface area contributed by atoms with Gasteiger partial charge < -0.3 is 0 Å². The Kier molecular flexibility index (Phi) is 4.75. The number of benzene rings is 3. The van der Waals surface area contributed by atoms with Gasteiger partial charge in [-0.25, -0.2) is 9.67 Å². The highest BCUT2D eigenvalue weighted by Gasteiger charge is 2.21. The van der Waals surface area contributed by atoms with E-state index in [0.717, 1.165) is 27.9 Å². The van der Waals surface area contributed by atoms with Crippen LogP contribution in [0.1, 0.15) is 49.3 Å². The van der Waals surface area contributed by atoms with Crippen LogP contribution in [-0.4, -0.2) is 14.8 Å². The zero-order valence-electron chi connectivity index (χ0n) is 18.5. The number of para-hydroxylation sites is 1. The molecule has 0 unspecified atom stereocenters. The number of aromatic nitrogens is 3. The Bertz CT molecular complexity index is 1390. The van der Waals surface area contributed by atoms with Crippen molar-refractivity contribution in [1.29, 1.82) is 0 Å². The van der Waals surface area contributed by atoms with Crippen molar-refractivity contribution in [3.8, 4) is 16.8 Å². The first-order valence-corrected chi connectivity index (χ1v) is 11.7. The van der Waals surface area contributed by atoms with Crippen molar-refractivity contribution < 1.29 is 0 Å². The summed E-state index contributed by atoms with van der Waals surface area (Å²) in [7, 11) is 0. The van der Waals surface area contributed by atoms with Gasteiger partial charge in [0.25, 0.3) is 0 Å². The van der Waals surface area contributed by atoms with Crippen molar-refractivity contribution in [1.82, 2.24) is 14.8 Å². The molecule has 5 aromatic rings. The van der Waals surface area contributed by atoms with E-state index in [4.69, 9.17) is 10.1 Å². The van der Waals surface area contributed by atoms with E-state index in [1.54, 1.807) is 0 Å². The van der Waals surface area contributed by atoms with Gasteiger partial charge in [0.1, 0.15) is 0 Å². The molecule has 0 saturated heterocycles. The van der Waals surface area contributed by atoms with Crippen molar-refractivity contribution in [3.63, 3.8) is 0 Å². The molecular formula is C29H27N3. The summed E-state index contributed by atoms with van der Waals surface area (Å²) < 4.78 is 1.99. The second-order valence-corrected chi connectivity index (χ2v) is 9.00. The minimum Gasteiger partial charge on any atom is -0.228 e. The third kappa shape index (κ3) is 3.20. The van der Waals surface area contributed by atoms with Gasteiger partial charge >= 0.3 is 0 Å². The van der Waals surface area contributed by atoms with Crippen molar-refractivity contribution in [3.05, 3.63) is 90.1 Å². The van der Waals surface area contributed by atoms with Gasteiger partial charge in [-0.2, -0.15) is 5.10 Å². The lowest BCUT2D eigenvalue weighted by Gasteiger charge is -2.22. The van der Waals surface area contributed by atoms with E-state index < -0.39 is 0 Å². The van der Waals surface area contributed by atoms with E-state index in [9.17, 15) is 0 Å². The number of nitrogens with zero attached hydrogens (tertiary/aromatic N) is 3. The molecule has 3 nitrogen and oxygen atoms in total. The fourth-order valence-corrected chi connectivity index (χ4v) is 5.35. The van der Waals surface area contributed by atoms with Gasteiger partial charge in [0.15, 0.2) is 5.65 Å². The van der Waals surface area contributed by atoms with Crippen LogP contribution in [0.25, 0.3) is 38.8 Å². The van der Waals surface area contributed by atoms with Gasteiger partial charge in [-0.1, -0.05) is 73.9 Å². The fourth-order valence-electron chi connectivity index (χ4n) is 5.35. The molecule has 0 amide bonds. The Hall–Kier alpha value is -3.46. The fraction of sp³-hybridized carbons (Fsp3) is 0.241. The smallest absolute Gasteiger partial charge is 0.164 e. The van der Waals surface area contributed by atoms with Crippen LogP contribution in [-0.2, 0) is 0 Å². The van der Waals surface area contributed by atoms with Crippen molar-refractivity contribution in [2.45, 2.75) is 44.9 Å². The Morgan fingerprint density at radius 1 is 0.812 bits per heavy atom. The van der Waals surface area contributed by atoms with Crippen molar-refractivity contribution >= 4 is 21.9 Å². The predicted molar refractivity (Wildman–Crippen MR) is 132 cm³/mol. The van der Waals surface area contributed by atoms with Crippen LogP contribution in [0.15, 0.2) is 78.9 Å². The van der Waals surface area contributed by atoms with Crippen LogP contribution < -0.4 is 0 Å². The zero-order valence-corrected chi connectivity index (χ0v) is 18.5. The highest BCUT2D eigenvalue weighted by atomic mass is 15.3. The number of pyridine rings is 1. The van der Waals surface area contributed by atoms with Gasteiger partial charge in [0.2, 0.25) is 0 Å². The first-order valence-electron chi connectivity index (χ1n) is 11.7. The molecule has 1 saturated carbocycles. The monoisotopic (exact) mass is 417 g/mol. The average Bonchev–Trinajstić information content (AvgIpc) is 3.19. The third-order valence-electron chi connectivity index (χ3n) is 6.94. The van der Waals surface area contributed by atoms with Crippen LogP contribution in [0.4, 0.5) is 0 Å². The van der Waals surface area contributed by atoms with Crippen molar-refractivity contribution in [2.24, 2.45) is 0 Å². The molecule has 2 heterocycles. The van der Waals surface area contributed by atoms with E-state index in [1.165, 1.54) is 54.2 Å². The zero-order chi connectivity index (χ0) is 21.5. The van der Waals surface area contributed by atoms with Crippen LogP contribution in [0.5, 0.6) is 0 Å². The number of fused-ring (bicyclic) bond motifs is 2. The maximum absolute atomic E-state index is 5.15. The van der Waals surface area contributed by atoms with Crippen LogP contribution in [0, 0.1) is 6.92 Å². The van der Waals surface area contributed by atoms with Crippen LogP contribution in [0.2, 0.25) is 0 Å². The SMILES string of the molecule is Cc1nn(-c2ccccc2)c2nc3ccc(C4CCCCC4)cc3c(-c3ccccc3)c12. The van der Waals surface area contributed by atoms with Gasteiger partial charge in [0.05, 0.1) is 22.3 Å². The lowest BCUT2D eigenvalue weighted by atomic mass is 9.83. The van der Waals surface area contributed by atoms with Gasteiger partial charge in [0, 0.05) is 10.9 Å². The second-order valence-electron chi connectivity index (χ2n) is 9.00. The molecule has 0 atom stereocenters. The molecule has 32 heavy (non-hydrogen) atoms. The Morgan fingerprint density at radius 3 is 2.28 bits per heavy atom. The molecule has 0 radical (unpaired) electrons. The number of aryl methyl sites for hydroxylation is 1. The van der Waals surface area contributed by atoms with Gasteiger partial charge in [-0.05, 0) is 61.1 Å². The Balaban J connectivity index is 1.67. The summed E-state index contributed by atoms with van der Waals surface area (Å²) >= 11 is 0. The molecule has 2 aromatic heterocycles. The molecule has 0 spiro atoms. The third-order valence-corrected chi connectivity index (χ3v) is 6.94. The first-order chi connectivity index (χ1) is 15.8. The van der Waals surface area contributed by atoms with E-state index in [0.29, 0.717) is 5.92 Å². The number of hydrogen-bond acceptors (Lipinski definition) is 2. The van der Waals surface area contributed by atoms with E-state index in [1.807, 2.05) is 22.9 Å². The Labute approximate surface area is 188 Å². The van der Waals surface area contributed by atoms with Gasteiger partial charge in [-0.3, -0.25) is 0 Å². The van der Waals surface area contributed by atoms with Crippen LogP contribution in [0.3, 0.4) is 0 Å². The standard InChI is InChI=1S/C29H27N3/c1-20-27-28(22-13-7-3-8-14-22)25-19-23(21-11-5-2-6-12-21)17-18-26(25)30-29(27)32(31-20)24-15-9-4-10-16-24/h3-4,7-10,13-19,21H,2,5-6,11-12H2,1H3. The number of hydrogen-bond donors (Lipinski definition) is 0. The molecule has 1 aliphatic carbocycles. The Morgan fingerprint density at radius 2 is 1.53 bits per heavy atom. The molecule has 3 heteroatoms. The van der Waals surface area contributed by atoms with Crippen molar-refractivity contribution in [2.75, 3.05) is 0 Å². The summed E-state index contributed by atoms with van der Waals surface area (Å²) in [5.74, 6) is 0.667. The quantitative estimate of drug-likeness (QED) is 0.303. The lowest BCUT2D eigenvalue weighted by Crippen LogP contribution is -2.04. The average molecular weight is 418 g/mol. The maximum atomic E-state index is 5.15. The highest BCUT2D eigenvalue weighted by Crippen LogP contribution is 2.40. The van der Waals surface area contributed by atoms with Crippen LogP contribution >= 0.6 is 0 Å². The molecular weight excluding hydrogens is 390 g/mol. The normalized spacial score (nSPS) is 14.9. The molecule has 3 aromatic carbocycles. The molecule has 0 N–H and O–H groups in total. The summed E-state index contributed by atoms with van der Waals surface area (Å²) in [6, 6.07) is 28.0. The maximum Gasteiger partial charge on any atom is 0.164 e. The summed E-state index contributed by atoms with van der Waals surface area (Å²) in [6.07, 6.45) is 6.65. The van der Waals surface area contributed by atoms with E-state index >= 15 is 0 Å². The molecule has 6 rings (SSSR count). The second kappa shape index (κ2) is 7.90. The lowest BCUT2D eigenvalue weighted by molar-refractivity contribution is 0.444. The molecule has 158 valence electrons. The first kappa shape index (κ1) is 19.2. The molecule has 1 fully saturated rings. The minimum absolute atomic E-state index is 0.667.